The van der Waals surface area contributed by atoms with Crippen LogP contribution in [0.25, 0.3) is 45.3 Å². The predicted molar refractivity (Wildman–Crippen MR) is 185 cm³/mol. The van der Waals surface area contributed by atoms with Gasteiger partial charge in [-0.25, -0.2) is 0 Å². The van der Waals surface area contributed by atoms with E-state index in [-0.39, 0.29) is 11.2 Å². The third kappa shape index (κ3) is 5.70. The van der Waals surface area contributed by atoms with Gasteiger partial charge in [-0.05, 0) is 86.9 Å². The van der Waals surface area contributed by atoms with Crippen molar-refractivity contribution < 1.29 is 9.67 Å². The molecule has 46 heavy (non-hydrogen) atoms. The number of aromatic hydroxyl groups is 1. The van der Waals surface area contributed by atoms with Crippen LogP contribution in [0.2, 0.25) is 0 Å². The molecule has 0 atom stereocenters. The number of hydrogen-bond donors (Lipinski definition) is 2. The van der Waals surface area contributed by atoms with Crippen molar-refractivity contribution >= 4 is 11.3 Å². The quantitative estimate of drug-likeness (QED) is 0.139. The van der Waals surface area contributed by atoms with Crippen LogP contribution in [-0.4, -0.2) is 29.6 Å². The Hall–Kier alpha value is -4.78. The molecule has 6 aromatic rings. The Morgan fingerprint density at radius 1 is 0.848 bits per heavy atom. The van der Waals surface area contributed by atoms with Gasteiger partial charge in [0.15, 0.2) is 23.4 Å². The topological polar surface area (TPSA) is 83.5 Å². The Balaban J connectivity index is 1.54. The van der Waals surface area contributed by atoms with Crippen LogP contribution in [0.5, 0.6) is 5.75 Å². The van der Waals surface area contributed by atoms with E-state index in [9.17, 15) is 5.11 Å². The van der Waals surface area contributed by atoms with Crippen molar-refractivity contribution in [2.45, 2.75) is 85.5 Å². The van der Waals surface area contributed by atoms with Gasteiger partial charge in [0.1, 0.15) is 11.4 Å². The molecular formula is C39H44N6O. The highest BCUT2D eigenvalue weighted by Gasteiger charge is 2.23. The van der Waals surface area contributed by atoms with Crippen LogP contribution in [0.15, 0.2) is 73.2 Å². The SMILES string of the molecule is CC(C)c1cc(C(C)C)c(-c2c[nH]c(-n3[c-][n+](-c4cc(C(C)(C)C)cc(-c5ccccc5O)n4)c4nccnc43)c2)c(C(C)C)c1. The van der Waals surface area contributed by atoms with E-state index in [2.05, 4.69) is 104 Å². The van der Waals surface area contributed by atoms with E-state index in [0.717, 1.165) is 16.9 Å². The molecule has 236 valence electrons. The number of fused-ring (bicyclic) bond motifs is 1. The third-order valence-corrected chi connectivity index (χ3v) is 8.70. The molecule has 0 amide bonds. The fourth-order valence-electron chi connectivity index (χ4n) is 6.00. The zero-order valence-electron chi connectivity index (χ0n) is 28.3. The number of pyridine rings is 1. The molecule has 0 unspecified atom stereocenters. The molecule has 0 aliphatic rings. The number of para-hydroxylation sites is 1. The number of H-pyrrole nitrogens is 1. The van der Waals surface area contributed by atoms with E-state index in [1.165, 1.54) is 22.3 Å². The van der Waals surface area contributed by atoms with Crippen molar-refractivity contribution in [3.05, 3.63) is 102 Å². The lowest BCUT2D eigenvalue weighted by Crippen LogP contribution is -2.32. The average molecular weight is 613 g/mol. The average Bonchev–Trinajstić information content (AvgIpc) is 3.65. The number of phenols is 1. The van der Waals surface area contributed by atoms with E-state index in [4.69, 9.17) is 15.0 Å². The number of phenolic OH excluding ortho intramolecular Hbond substituents is 1. The van der Waals surface area contributed by atoms with Crippen molar-refractivity contribution in [2.24, 2.45) is 0 Å². The van der Waals surface area contributed by atoms with Crippen LogP contribution >= 0.6 is 0 Å². The second-order valence-electron chi connectivity index (χ2n) is 14.2. The summed E-state index contributed by atoms with van der Waals surface area (Å²) in [7, 11) is 0. The zero-order chi connectivity index (χ0) is 32.9. The number of imidazole rings is 1. The molecule has 0 spiro atoms. The van der Waals surface area contributed by atoms with Crippen LogP contribution in [0.1, 0.15) is 102 Å². The normalized spacial score (nSPS) is 12.3. The molecule has 0 bridgehead atoms. The van der Waals surface area contributed by atoms with Crippen LogP contribution in [0, 0.1) is 6.33 Å². The number of hydrogen-bond acceptors (Lipinski definition) is 4. The summed E-state index contributed by atoms with van der Waals surface area (Å²) in [4.78, 5) is 18.0. The molecule has 4 heterocycles. The minimum Gasteiger partial charge on any atom is -0.507 e. The van der Waals surface area contributed by atoms with E-state index in [1.54, 1.807) is 18.5 Å². The first kappa shape index (κ1) is 31.2. The smallest absolute Gasteiger partial charge is 0.192 e. The molecule has 0 aliphatic heterocycles. The molecule has 0 saturated carbocycles. The fourth-order valence-corrected chi connectivity index (χ4v) is 6.00. The molecule has 4 aromatic heterocycles. The van der Waals surface area contributed by atoms with Gasteiger partial charge >= 0.3 is 0 Å². The number of rotatable bonds is 7. The zero-order valence-corrected chi connectivity index (χ0v) is 28.3. The first-order valence-corrected chi connectivity index (χ1v) is 16.2. The number of aromatic amines is 1. The van der Waals surface area contributed by atoms with E-state index in [1.807, 2.05) is 33.4 Å². The lowest BCUT2D eigenvalue weighted by molar-refractivity contribution is -0.578. The largest absolute Gasteiger partial charge is 0.507 e. The first-order valence-electron chi connectivity index (χ1n) is 16.2. The summed E-state index contributed by atoms with van der Waals surface area (Å²) in [6, 6.07) is 18.4. The number of nitrogens with one attached hydrogen (secondary N) is 1. The predicted octanol–water partition coefficient (Wildman–Crippen LogP) is 8.93. The second-order valence-corrected chi connectivity index (χ2v) is 14.2. The van der Waals surface area contributed by atoms with Gasteiger partial charge in [-0.2, -0.15) is 9.97 Å². The maximum atomic E-state index is 10.7. The Bertz CT molecular complexity index is 2010. The highest BCUT2D eigenvalue weighted by atomic mass is 16.3. The first-order chi connectivity index (χ1) is 21.8. The van der Waals surface area contributed by atoms with Gasteiger partial charge in [0, 0.05) is 6.20 Å². The Morgan fingerprint density at radius 3 is 2.15 bits per heavy atom. The second kappa shape index (κ2) is 11.9. The molecule has 2 aromatic carbocycles. The van der Waals surface area contributed by atoms with Gasteiger partial charge in [-0.3, -0.25) is 9.55 Å². The summed E-state index contributed by atoms with van der Waals surface area (Å²) >= 11 is 0. The lowest BCUT2D eigenvalue weighted by Gasteiger charge is -2.22. The minimum atomic E-state index is -0.164. The van der Waals surface area contributed by atoms with Gasteiger partial charge in [-0.15, -0.1) is 0 Å². The summed E-state index contributed by atoms with van der Waals surface area (Å²) < 4.78 is 3.78. The molecule has 0 fully saturated rings. The van der Waals surface area contributed by atoms with Gasteiger partial charge in [0.2, 0.25) is 0 Å². The van der Waals surface area contributed by atoms with Crippen LogP contribution in [0.4, 0.5) is 0 Å². The number of benzene rings is 2. The molecule has 2 N–H and O–H groups in total. The van der Waals surface area contributed by atoms with Crippen molar-refractivity contribution in [3.63, 3.8) is 0 Å². The third-order valence-electron chi connectivity index (χ3n) is 8.70. The fraction of sp³-hybridized carbons (Fsp3) is 0.333. The molecule has 7 heteroatoms. The Morgan fingerprint density at radius 2 is 1.52 bits per heavy atom. The van der Waals surface area contributed by atoms with Gasteiger partial charge < -0.3 is 14.7 Å². The van der Waals surface area contributed by atoms with E-state index < -0.39 is 0 Å². The molecule has 0 radical (unpaired) electrons. The van der Waals surface area contributed by atoms with Crippen molar-refractivity contribution in [1.29, 1.82) is 0 Å². The summed E-state index contributed by atoms with van der Waals surface area (Å²) in [6.45, 7) is 20.1. The maximum absolute atomic E-state index is 10.7. The lowest BCUT2D eigenvalue weighted by atomic mass is 9.82. The van der Waals surface area contributed by atoms with Crippen LogP contribution < -0.4 is 4.57 Å². The maximum Gasteiger partial charge on any atom is 0.192 e. The minimum absolute atomic E-state index is 0.164. The van der Waals surface area contributed by atoms with Crippen LogP contribution in [0.3, 0.4) is 0 Å². The standard InChI is InChI=1S/C39H44N6O/c1-23(2)26-16-30(24(3)4)36(31(17-26)25(5)6)27-18-34(42-21-27)44-22-45(38-37(44)40-14-15-41-38)35-20-28(39(7,8)9)19-32(43-35)29-12-10-11-13-33(29)46/h10-21,23-25,42,46H,1-9H3. The highest BCUT2D eigenvalue weighted by Crippen LogP contribution is 2.39. The van der Waals surface area contributed by atoms with Gasteiger partial charge in [-0.1, -0.05) is 86.6 Å². The molecule has 0 aliphatic carbocycles. The molecule has 6 rings (SSSR count). The van der Waals surface area contributed by atoms with Gasteiger partial charge in [0.25, 0.3) is 0 Å². The molecule has 0 saturated heterocycles. The summed E-state index contributed by atoms with van der Waals surface area (Å²) in [6.07, 6.45) is 8.99. The van der Waals surface area contributed by atoms with E-state index in [0.29, 0.717) is 46.1 Å². The Labute approximate surface area is 272 Å². The Kier molecular flexibility index (Phi) is 8.05. The summed E-state index contributed by atoms with van der Waals surface area (Å²) in [5.41, 5.74) is 10.1. The van der Waals surface area contributed by atoms with E-state index >= 15 is 0 Å². The van der Waals surface area contributed by atoms with Crippen molar-refractivity contribution in [1.82, 2.24) is 24.5 Å². The number of nitrogens with zero attached hydrogens (tertiary/aromatic N) is 5. The highest BCUT2D eigenvalue weighted by molar-refractivity contribution is 5.75. The molecular weight excluding hydrogens is 568 g/mol. The summed E-state index contributed by atoms with van der Waals surface area (Å²) in [5, 5.41) is 10.7. The van der Waals surface area contributed by atoms with Crippen molar-refractivity contribution in [2.75, 3.05) is 0 Å². The van der Waals surface area contributed by atoms with Gasteiger partial charge in [0.05, 0.1) is 23.8 Å². The van der Waals surface area contributed by atoms with Crippen LogP contribution in [-0.2, 0) is 5.41 Å². The summed E-state index contributed by atoms with van der Waals surface area (Å²) in [5.74, 6) is 2.87. The monoisotopic (exact) mass is 612 g/mol. The molecule has 7 nitrogen and oxygen atoms in total. The number of aromatic nitrogens is 6. The van der Waals surface area contributed by atoms with Crippen molar-refractivity contribution in [3.8, 4) is 39.8 Å².